The topological polar surface area (TPSA) is 113 Å². The molecule has 0 radical (unpaired) electrons. The number of aryl methyl sites for hydroxylation is 1. The van der Waals surface area contributed by atoms with Gasteiger partial charge in [-0.3, -0.25) is 0 Å². The molecule has 0 heterocycles. The van der Waals surface area contributed by atoms with E-state index in [-0.39, 0.29) is 11.7 Å². The minimum atomic E-state index is -3.41. The van der Waals surface area contributed by atoms with E-state index in [9.17, 15) is 21.9 Å². The number of nitrogens with one attached hydrogen (secondary N) is 2. The largest absolute Gasteiger partial charge is 0.385 e. The Morgan fingerprint density at radius 3 is 2.03 bits per heavy atom. The summed E-state index contributed by atoms with van der Waals surface area (Å²) in [5.74, 6) is 0.528. The summed E-state index contributed by atoms with van der Waals surface area (Å²) in [6, 6.07) is 15.3. The normalized spacial score (nSPS) is 21.7. The minimum absolute atomic E-state index is 0.0392. The van der Waals surface area contributed by atoms with Gasteiger partial charge in [-0.05, 0) is 81.4 Å². The summed E-state index contributed by atoms with van der Waals surface area (Å²) >= 11 is 0. The average molecular weight is 551 g/mol. The van der Waals surface area contributed by atoms with Crippen molar-refractivity contribution in [2.75, 3.05) is 13.1 Å². The Morgan fingerprint density at radius 2 is 1.46 bits per heavy atom. The first-order valence-electron chi connectivity index (χ1n) is 13.1. The van der Waals surface area contributed by atoms with Crippen molar-refractivity contribution in [3.63, 3.8) is 0 Å². The van der Waals surface area contributed by atoms with E-state index >= 15 is 0 Å². The predicted octanol–water partition coefficient (Wildman–Crippen LogP) is 4.00. The van der Waals surface area contributed by atoms with Gasteiger partial charge in [-0.2, -0.15) is 0 Å². The fourth-order valence-corrected chi connectivity index (χ4v) is 6.82. The number of rotatable bonds is 12. The lowest BCUT2D eigenvalue weighted by molar-refractivity contribution is -0.0207. The Kier molecular flexibility index (Phi) is 9.97. The monoisotopic (exact) mass is 550 g/mol. The molecule has 37 heavy (non-hydrogen) atoms. The maximum atomic E-state index is 12.4. The van der Waals surface area contributed by atoms with Crippen LogP contribution < -0.4 is 9.44 Å². The van der Waals surface area contributed by atoms with Gasteiger partial charge >= 0.3 is 0 Å². The second-order valence-electron chi connectivity index (χ2n) is 10.9. The number of hydrogen-bond acceptors (Lipinski definition) is 5. The highest BCUT2D eigenvalue weighted by atomic mass is 32.2. The van der Waals surface area contributed by atoms with Crippen molar-refractivity contribution in [2.24, 2.45) is 11.8 Å². The number of benzene rings is 2. The third-order valence-corrected chi connectivity index (χ3v) is 10.8. The third kappa shape index (κ3) is 8.61. The molecule has 0 saturated heterocycles. The molecule has 3 rings (SSSR count). The zero-order chi connectivity index (χ0) is 27.3. The molecular formula is C28H42N2O5S2. The van der Waals surface area contributed by atoms with Gasteiger partial charge in [0.2, 0.25) is 20.0 Å². The molecule has 7 nitrogen and oxygen atoms in total. The molecule has 1 saturated carbocycles. The molecule has 0 aliphatic heterocycles. The van der Waals surface area contributed by atoms with E-state index in [0.717, 1.165) is 35.1 Å². The Morgan fingerprint density at radius 1 is 0.892 bits per heavy atom. The van der Waals surface area contributed by atoms with Crippen molar-refractivity contribution >= 4 is 20.0 Å². The van der Waals surface area contributed by atoms with Gasteiger partial charge in [0.25, 0.3) is 0 Å². The first-order chi connectivity index (χ1) is 17.3. The highest BCUT2D eigenvalue weighted by Gasteiger charge is 2.36. The molecule has 1 atom stereocenters. The van der Waals surface area contributed by atoms with Crippen molar-refractivity contribution < 1.29 is 21.9 Å². The minimum Gasteiger partial charge on any atom is -0.385 e. The highest BCUT2D eigenvalue weighted by molar-refractivity contribution is 7.90. The molecule has 2 aromatic rings. The van der Waals surface area contributed by atoms with Crippen LogP contribution in [0.1, 0.15) is 68.7 Å². The van der Waals surface area contributed by atoms with E-state index in [1.165, 1.54) is 0 Å². The fraction of sp³-hybridized carbons (Fsp3) is 0.571. The van der Waals surface area contributed by atoms with Crippen LogP contribution in [0.25, 0.3) is 0 Å². The van der Waals surface area contributed by atoms with Crippen molar-refractivity contribution in [3.8, 4) is 0 Å². The molecule has 0 aromatic heterocycles. The molecular weight excluding hydrogens is 508 g/mol. The molecule has 206 valence electrons. The fourth-order valence-electron chi connectivity index (χ4n) is 4.84. The SMILES string of the molecule is Cc1ccc(CS(=O)(=O)NCCc2ccc(C3(O)CCC(C(C)CNS(=O)(=O)C(C)C)CC3)cc2)cc1. The summed E-state index contributed by atoms with van der Waals surface area (Å²) < 4.78 is 54.3. The molecule has 0 spiro atoms. The lowest BCUT2D eigenvalue weighted by atomic mass is 9.71. The standard InChI is InChI=1S/C28H42N2O5S2/c1-21(2)37(34,35)30-19-23(4)26-13-16-28(31,17-14-26)27-11-9-24(10-12-27)15-18-29-36(32,33)20-25-7-5-22(3)6-8-25/h5-12,21,23,26,29-31H,13-20H2,1-4H3. The Balaban J connectivity index is 1.47. The van der Waals surface area contributed by atoms with Gasteiger partial charge in [0.15, 0.2) is 0 Å². The van der Waals surface area contributed by atoms with E-state index in [2.05, 4.69) is 16.4 Å². The molecule has 1 fully saturated rings. The van der Waals surface area contributed by atoms with E-state index in [4.69, 9.17) is 0 Å². The second-order valence-corrected chi connectivity index (χ2v) is 15.0. The van der Waals surface area contributed by atoms with Gasteiger partial charge in [0.1, 0.15) is 0 Å². The molecule has 1 unspecified atom stereocenters. The van der Waals surface area contributed by atoms with E-state index in [1.54, 1.807) is 13.8 Å². The van der Waals surface area contributed by atoms with Crippen LogP contribution in [0, 0.1) is 18.8 Å². The zero-order valence-electron chi connectivity index (χ0n) is 22.4. The Hall–Kier alpha value is -1.78. The molecule has 1 aliphatic carbocycles. The summed E-state index contributed by atoms with van der Waals surface area (Å²) in [5, 5.41) is 10.9. The highest BCUT2D eigenvalue weighted by Crippen LogP contribution is 2.41. The molecule has 3 N–H and O–H groups in total. The molecule has 2 aromatic carbocycles. The Bertz CT molecular complexity index is 1220. The lowest BCUT2D eigenvalue weighted by Gasteiger charge is -2.38. The van der Waals surface area contributed by atoms with Crippen LogP contribution >= 0.6 is 0 Å². The van der Waals surface area contributed by atoms with E-state index < -0.39 is 30.9 Å². The Labute approximate surface area is 223 Å². The summed E-state index contributed by atoms with van der Waals surface area (Å²) in [4.78, 5) is 0. The van der Waals surface area contributed by atoms with Crippen molar-refractivity contribution in [1.29, 1.82) is 0 Å². The molecule has 9 heteroatoms. The maximum Gasteiger partial charge on any atom is 0.215 e. The quantitative estimate of drug-likeness (QED) is 0.370. The van der Waals surface area contributed by atoms with Crippen LogP contribution in [0.3, 0.4) is 0 Å². The van der Waals surface area contributed by atoms with Crippen LogP contribution in [-0.2, 0) is 37.8 Å². The van der Waals surface area contributed by atoms with Crippen molar-refractivity contribution in [3.05, 3.63) is 70.8 Å². The van der Waals surface area contributed by atoms with Crippen LogP contribution in [0.15, 0.2) is 48.5 Å². The van der Waals surface area contributed by atoms with Crippen molar-refractivity contribution in [1.82, 2.24) is 9.44 Å². The van der Waals surface area contributed by atoms with E-state index in [0.29, 0.717) is 38.3 Å². The first kappa shape index (κ1) is 29.8. The lowest BCUT2D eigenvalue weighted by Crippen LogP contribution is -2.38. The van der Waals surface area contributed by atoms with Gasteiger partial charge in [0, 0.05) is 13.1 Å². The van der Waals surface area contributed by atoms with Crippen LogP contribution in [0.2, 0.25) is 0 Å². The first-order valence-corrected chi connectivity index (χ1v) is 16.3. The van der Waals surface area contributed by atoms with Gasteiger partial charge in [-0.25, -0.2) is 26.3 Å². The average Bonchev–Trinajstić information content (AvgIpc) is 2.84. The van der Waals surface area contributed by atoms with Crippen LogP contribution in [-0.4, -0.2) is 40.3 Å². The van der Waals surface area contributed by atoms with Crippen LogP contribution in [0.4, 0.5) is 0 Å². The molecule has 1 aliphatic rings. The van der Waals surface area contributed by atoms with Gasteiger partial charge < -0.3 is 5.11 Å². The van der Waals surface area contributed by atoms with Gasteiger partial charge in [-0.15, -0.1) is 0 Å². The van der Waals surface area contributed by atoms with Crippen LogP contribution in [0.5, 0.6) is 0 Å². The summed E-state index contributed by atoms with van der Waals surface area (Å²) in [5.41, 5.74) is 2.85. The number of aliphatic hydroxyl groups is 1. The summed E-state index contributed by atoms with van der Waals surface area (Å²) in [6.45, 7) is 8.12. The summed E-state index contributed by atoms with van der Waals surface area (Å²) in [6.07, 6.45) is 3.52. The van der Waals surface area contributed by atoms with E-state index in [1.807, 2.05) is 55.5 Å². The second kappa shape index (κ2) is 12.4. The third-order valence-electron chi connectivity index (χ3n) is 7.59. The van der Waals surface area contributed by atoms with Crippen molar-refractivity contribution in [2.45, 2.75) is 76.4 Å². The van der Waals surface area contributed by atoms with Gasteiger partial charge in [-0.1, -0.05) is 61.0 Å². The smallest absolute Gasteiger partial charge is 0.215 e. The molecule has 0 bridgehead atoms. The maximum absolute atomic E-state index is 12.4. The summed E-state index contributed by atoms with van der Waals surface area (Å²) in [7, 11) is -6.68. The molecule has 0 amide bonds. The number of sulfonamides is 2. The predicted molar refractivity (Wildman–Crippen MR) is 149 cm³/mol. The zero-order valence-corrected chi connectivity index (χ0v) is 24.0. The van der Waals surface area contributed by atoms with Gasteiger partial charge in [0.05, 0.1) is 16.6 Å². The number of hydrogen-bond donors (Lipinski definition) is 3.